The summed E-state index contributed by atoms with van der Waals surface area (Å²) in [5.41, 5.74) is 2.16. The molecule has 0 spiro atoms. The van der Waals surface area contributed by atoms with Gasteiger partial charge >= 0.3 is 0 Å². The molecule has 4 rings (SSSR count). The lowest BCUT2D eigenvalue weighted by atomic mass is 10.1. The molecular formula is C20H21FN6O. The average Bonchev–Trinajstić information content (AvgIpc) is 3.18. The Morgan fingerprint density at radius 2 is 1.75 bits per heavy atom. The van der Waals surface area contributed by atoms with E-state index in [1.165, 1.54) is 12.1 Å². The van der Waals surface area contributed by atoms with E-state index in [0.29, 0.717) is 44.1 Å². The highest BCUT2D eigenvalue weighted by molar-refractivity contribution is 5.95. The molecule has 0 atom stereocenters. The van der Waals surface area contributed by atoms with Gasteiger partial charge in [0.1, 0.15) is 5.82 Å². The molecule has 8 heteroatoms. The van der Waals surface area contributed by atoms with E-state index in [4.69, 9.17) is 0 Å². The van der Waals surface area contributed by atoms with Gasteiger partial charge in [0, 0.05) is 38.6 Å². The summed E-state index contributed by atoms with van der Waals surface area (Å²) in [4.78, 5) is 25.5. The van der Waals surface area contributed by atoms with Gasteiger partial charge in [-0.05, 0) is 36.8 Å². The number of hydrogen-bond acceptors (Lipinski definition) is 5. The number of rotatable bonds is 4. The number of nitrogens with zero attached hydrogens (tertiary/aromatic N) is 6. The summed E-state index contributed by atoms with van der Waals surface area (Å²) in [5, 5.41) is 4.38. The fourth-order valence-corrected chi connectivity index (χ4v) is 3.43. The van der Waals surface area contributed by atoms with Crippen molar-refractivity contribution >= 4 is 11.9 Å². The summed E-state index contributed by atoms with van der Waals surface area (Å²) >= 11 is 0. The standard InChI is InChI=1S/C20H21FN6O/c1-2-18-17(14-24-27(18)16-6-4-15(21)5-7-16)19(28)25-10-12-26(13-11-25)20-22-8-3-9-23-20/h3-9,14H,2,10-13H2,1H3. The Balaban J connectivity index is 1.50. The van der Waals surface area contributed by atoms with Crippen molar-refractivity contribution in [1.82, 2.24) is 24.6 Å². The molecule has 2 aromatic heterocycles. The highest BCUT2D eigenvalue weighted by Gasteiger charge is 2.26. The van der Waals surface area contributed by atoms with Gasteiger partial charge in [-0.3, -0.25) is 4.79 Å². The van der Waals surface area contributed by atoms with Crippen LogP contribution in [0.1, 0.15) is 23.0 Å². The lowest BCUT2D eigenvalue weighted by Crippen LogP contribution is -2.49. The predicted octanol–water partition coefficient (Wildman–Crippen LogP) is 2.33. The predicted molar refractivity (Wildman–Crippen MR) is 103 cm³/mol. The highest BCUT2D eigenvalue weighted by atomic mass is 19.1. The summed E-state index contributed by atoms with van der Waals surface area (Å²) in [5.74, 6) is 0.359. The van der Waals surface area contributed by atoms with E-state index in [9.17, 15) is 9.18 Å². The molecule has 1 aliphatic heterocycles. The molecule has 3 heterocycles. The second-order valence-electron chi connectivity index (χ2n) is 6.57. The van der Waals surface area contributed by atoms with E-state index >= 15 is 0 Å². The van der Waals surface area contributed by atoms with Crippen molar-refractivity contribution in [1.29, 1.82) is 0 Å². The highest BCUT2D eigenvalue weighted by Crippen LogP contribution is 2.19. The van der Waals surface area contributed by atoms with Crippen LogP contribution in [0, 0.1) is 5.82 Å². The number of carbonyl (C=O) groups is 1. The van der Waals surface area contributed by atoms with Crippen LogP contribution in [0.5, 0.6) is 0 Å². The van der Waals surface area contributed by atoms with Crippen LogP contribution in [0.2, 0.25) is 0 Å². The molecule has 0 N–H and O–H groups in total. The zero-order valence-corrected chi connectivity index (χ0v) is 15.6. The quantitative estimate of drug-likeness (QED) is 0.695. The van der Waals surface area contributed by atoms with Crippen molar-refractivity contribution in [3.8, 4) is 5.69 Å². The van der Waals surface area contributed by atoms with Crippen molar-refractivity contribution in [3.63, 3.8) is 0 Å². The van der Waals surface area contributed by atoms with E-state index < -0.39 is 0 Å². The number of amides is 1. The monoisotopic (exact) mass is 380 g/mol. The Labute approximate surface area is 162 Å². The summed E-state index contributed by atoms with van der Waals surface area (Å²) in [6, 6.07) is 7.89. The van der Waals surface area contributed by atoms with E-state index in [0.717, 1.165) is 11.4 Å². The van der Waals surface area contributed by atoms with Gasteiger partial charge in [-0.2, -0.15) is 5.10 Å². The Bertz CT molecular complexity index is 949. The smallest absolute Gasteiger partial charge is 0.257 e. The van der Waals surface area contributed by atoms with Crippen molar-refractivity contribution < 1.29 is 9.18 Å². The van der Waals surface area contributed by atoms with Gasteiger partial charge in [0.05, 0.1) is 23.1 Å². The lowest BCUT2D eigenvalue weighted by molar-refractivity contribution is 0.0745. The Kier molecular flexibility index (Phi) is 5.01. The van der Waals surface area contributed by atoms with Crippen LogP contribution in [-0.2, 0) is 6.42 Å². The van der Waals surface area contributed by atoms with E-state index in [1.54, 1.807) is 41.5 Å². The Morgan fingerprint density at radius 3 is 2.39 bits per heavy atom. The number of hydrogen-bond donors (Lipinski definition) is 0. The summed E-state index contributed by atoms with van der Waals surface area (Å²) in [6.07, 6.45) is 5.70. The molecule has 1 fully saturated rings. The average molecular weight is 380 g/mol. The first-order valence-corrected chi connectivity index (χ1v) is 9.31. The van der Waals surface area contributed by atoms with Crippen LogP contribution in [-0.4, -0.2) is 56.7 Å². The molecular weight excluding hydrogens is 359 g/mol. The van der Waals surface area contributed by atoms with Gasteiger partial charge in [-0.25, -0.2) is 19.0 Å². The maximum Gasteiger partial charge on any atom is 0.257 e. The Morgan fingerprint density at radius 1 is 1.07 bits per heavy atom. The van der Waals surface area contributed by atoms with Crippen molar-refractivity contribution in [2.45, 2.75) is 13.3 Å². The second kappa shape index (κ2) is 7.75. The third kappa shape index (κ3) is 3.45. The van der Waals surface area contributed by atoms with E-state index in [2.05, 4.69) is 20.0 Å². The lowest BCUT2D eigenvalue weighted by Gasteiger charge is -2.34. The van der Waals surface area contributed by atoms with Crippen LogP contribution >= 0.6 is 0 Å². The first-order valence-electron chi connectivity index (χ1n) is 9.31. The first kappa shape index (κ1) is 18.1. The number of aromatic nitrogens is 4. The zero-order valence-electron chi connectivity index (χ0n) is 15.6. The van der Waals surface area contributed by atoms with Crippen LogP contribution in [0.3, 0.4) is 0 Å². The molecule has 0 aliphatic carbocycles. The van der Waals surface area contributed by atoms with Crippen molar-refractivity contribution in [2.75, 3.05) is 31.1 Å². The molecule has 1 saturated heterocycles. The fraction of sp³-hybridized carbons (Fsp3) is 0.300. The number of benzene rings is 1. The van der Waals surface area contributed by atoms with Gasteiger partial charge in [0.25, 0.3) is 5.91 Å². The van der Waals surface area contributed by atoms with Crippen LogP contribution in [0.25, 0.3) is 5.69 Å². The van der Waals surface area contributed by atoms with Gasteiger partial charge < -0.3 is 9.80 Å². The molecule has 0 radical (unpaired) electrons. The number of anilines is 1. The minimum atomic E-state index is -0.300. The molecule has 0 unspecified atom stereocenters. The van der Waals surface area contributed by atoms with E-state index in [1.807, 2.05) is 11.8 Å². The van der Waals surface area contributed by atoms with Crippen LogP contribution in [0.4, 0.5) is 10.3 Å². The van der Waals surface area contributed by atoms with Gasteiger partial charge in [-0.15, -0.1) is 0 Å². The Hall–Kier alpha value is -3.29. The largest absolute Gasteiger partial charge is 0.337 e. The molecule has 1 aromatic carbocycles. The first-order chi connectivity index (χ1) is 13.7. The normalized spacial score (nSPS) is 14.4. The minimum Gasteiger partial charge on any atom is -0.337 e. The topological polar surface area (TPSA) is 67.2 Å². The minimum absolute atomic E-state index is 0.0289. The molecule has 0 bridgehead atoms. The number of carbonyl (C=O) groups excluding carboxylic acids is 1. The van der Waals surface area contributed by atoms with E-state index in [-0.39, 0.29) is 11.7 Å². The zero-order chi connectivity index (χ0) is 19.5. The van der Waals surface area contributed by atoms with Crippen LogP contribution < -0.4 is 4.90 Å². The van der Waals surface area contributed by atoms with Crippen molar-refractivity contribution in [3.05, 3.63) is 66.0 Å². The molecule has 1 amide bonds. The molecule has 144 valence electrons. The van der Waals surface area contributed by atoms with Gasteiger partial charge in [-0.1, -0.05) is 6.92 Å². The number of halogens is 1. The summed E-state index contributed by atoms with van der Waals surface area (Å²) in [6.45, 7) is 4.55. The molecule has 1 aliphatic rings. The fourth-order valence-electron chi connectivity index (χ4n) is 3.43. The summed E-state index contributed by atoms with van der Waals surface area (Å²) in [7, 11) is 0. The number of piperazine rings is 1. The second-order valence-corrected chi connectivity index (χ2v) is 6.57. The third-order valence-electron chi connectivity index (χ3n) is 4.91. The summed E-state index contributed by atoms with van der Waals surface area (Å²) < 4.78 is 14.9. The van der Waals surface area contributed by atoms with Gasteiger partial charge in [0.15, 0.2) is 0 Å². The molecule has 0 saturated carbocycles. The molecule has 3 aromatic rings. The van der Waals surface area contributed by atoms with Gasteiger partial charge in [0.2, 0.25) is 5.95 Å². The van der Waals surface area contributed by atoms with Crippen molar-refractivity contribution in [2.24, 2.45) is 0 Å². The molecule has 7 nitrogen and oxygen atoms in total. The maximum atomic E-state index is 13.2. The maximum absolute atomic E-state index is 13.2. The molecule has 28 heavy (non-hydrogen) atoms. The SMILES string of the molecule is CCc1c(C(=O)N2CCN(c3ncccn3)CC2)cnn1-c1ccc(F)cc1. The third-order valence-corrected chi connectivity index (χ3v) is 4.91. The van der Waals surface area contributed by atoms with Crippen LogP contribution in [0.15, 0.2) is 48.9 Å².